The molecule has 1 saturated heterocycles. The number of rotatable bonds is 9. The van der Waals surface area contributed by atoms with Gasteiger partial charge in [-0.1, -0.05) is 41.2 Å². The molecule has 0 saturated carbocycles. The van der Waals surface area contributed by atoms with Crippen LogP contribution in [-0.2, 0) is 42.9 Å². The second-order valence-corrected chi connectivity index (χ2v) is 9.04. The summed E-state index contributed by atoms with van der Waals surface area (Å²) >= 11 is 0.931. The average molecular weight is 553 g/mol. The fourth-order valence-electron chi connectivity index (χ4n) is 3.62. The number of nitrogens with one attached hydrogen (secondary N) is 1. The predicted octanol–water partition coefficient (Wildman–Crippen LogP) is 2.18. The van der Waals surface area contributed by atoms with E-state index in [1.165, 1.54) is 6.20 Å². The number of ketones is 1. The summed E-state index contributed by atoms with van der Waals surface area (Å²) in [4.78, 5) is 65.6. The Balaban J connectivity index is 1.97. The Bertz CT molecular complexity index is 1280. The molecule has 2 aromatic rings. The van der Waals surface area contributed by atoms with E-state index >= 15 is 0 Å². The van der Waals surface area contributed by atoms with Crippen LogP contribution in [0.15, 0.2) is 30.5 Å². The molecule has 0 amide bonds. The van der Waals surface area contributed by atoms with E-state index in [1.807, 2.05) is 6.92 Å². The number of carbonyl (C=O) groups excluding carboxylic acids is 5. The minimum Gasteiger partial charge on any atom is -0.463 e. The second-order valence-electron chi connectivity index (χ2n) is 8.01. The number of carbonyl (C=O) groups is 5. The number of nitrogens with zero attached hydrogens (tertiary/aromatic N) is 1. The van der Waals surface area contributed by atoms with E-state index in [2.05, 4.69) is 10.3 Å². The molecule has 1 aromatic carbocycles. The van der Waals surface area contributed by atoms with Gasteiger partial charge in [0.15, 0.2) is 29.7 Å². The van der Waals surface area contributed by atoms with E-state index in [-0.39, 0.29) is 15.8 Å². The van der Waals surface area contributed by atoms with Gasteiger partial charge in [-0.25, -0.2) is 4.98 Å². The van der Waals surface area contributed by atoms with Crippen molar-refractivity contribution in [2.45, 2.75) is 65.2 Å². The highest BCUT2D eigenvalue weighted by atomic mass is 32.1. The van der Waals surface area contributed by atoms with E-state index in [4.69, 9.17) is 29.2 Å². The minimum atomic E-state index is -1.64. The maximum atomic E-state index is 12.9. The minimum absolute atomic E-state index is 0.108. The molecule has 1 unspecified atom stereocenters. The summed E-state index contributed by atoms with van der Waals surface area (Å²) in [5, 5.41) is 2.95. The molecule has 13 heteroatoms. The van der Waals surface area contributed by atoms with Gasteiger partial charge in [0.2, 0.25) is 5.78 Å². The number of benzene rings is 1. The highest BCUT2D eigenvalue weighted by Gasteiger charge is 2.52. The third-order valence-corrected chi connectivity index (χ3v) is 6.08. The Morgan fingerprint density at radius 3 is 2.16 bits per heavy atom. The zero-order valence-electron chi connectivity index (χ0n) is 24.2. The van der Waals surface area contributed by atoms with Gasteiger partial charge in [0.05, 0.1) is 11.1 Å². The molecule has 204 valence electrons. The number of hydrogen-bond acceptors (Lipinski definition) is 13. The molecule has 1 aliphatic heterocycles. The third kappa shape index (κ3) is 7.59. The smallest absolute Gasteiger partial charge is 0.303 e. The maximum Gasteiger partial charge on any atom is 0.303 e. The Labute approximate surface area is 228 Å². The summed E-state index contributed by atoms with van der Waals surface area (Å²) in [5.41, 5.74) is 1.39. The molecule has 0 aliphatic carbocycles. The largest absolute Gasteiger partial charge is 0.463 e. The maximum absolute atomic E-state index is 12.9. The van der Waals surface area contributed by atoms with E-state index < -0.39 is 88.7 Å². The van der Waals surface area contributed by atoms with Crippen LogP contribution < -0.4 is 5.32 Å². The number of hydrogen-bond donors (Lipinski definition) is 1. The van der Waals surface area contributed by atoms with Crippen LogP contribution in [0.2, 0.25) is 0 Å². The quantitative estimate of drug-likeness (QED) is 0.275. The number of ether oxygens (including phenoxy) is 5. The molecule has 12 nitrogen and oxygen atoms in total. The molecule has 1 aliphatic rings. The van der Waals surface area contributed by atoms with Crippen LogP contribution in [0.1, 0.15) is 53.9 Å². The van der Waals surface area contributed by atoms with Crippen molar-refractivity contribution in [2.24, 2.45) is 0 Å². The van der Waals surface area contributed by atoms with Gasteiger partial charge in [-0.2, -0.15) is 0 Å². The molecule has 0 bridgehead atoms. The van der Waals surface area contributed by atoms with Crippen molar-refractivity contribution in [2.75, 3.05) is 11.9 Å². The highest BCUT2D eigenvalue weighted by molar-refractivity contribution is 7.17. The Morgan fingerprint density at radius 1 is 0.921 bits per heavy atom. The lowest BCUT2D eigenvalue weighted by molar-refractivity contribution is -0.247. The first kappa shape index (κ1) is 23.3. The molecule has 5 atom stereocenters. The van der Waals surface area contributed by atoms with Crippen molar-refractivity contribution in [3.63, 3.8) is 0 Å². The Kier molecular flexibility index (Phi) is 7.73. The number of esters is 4. The summed E-state index contributed by atoms with van der Waals surface area (Å²) < 4.78 is 56.0. The Morgan fingerprint density at radius 2 is 1.53 bits per heavy atom. The molecular formula is C25H28N2O10S. The van der Waals surface area contributed by atoms with Gasteiger partial charge >= 0.3 is 23.9 Å². The summed E-state index contributed by atoms with van der Waals surface area (Å²) in [5.74, 6) is -4.51. The fraction of sp³-hybridized carbons (Fsp3) is 0.440. The zero-order valence-corrected chi connectivity index (χ0v) is 21.1. The molecule has 1 aromatic heterocycles. The molecule has 1 N–H and O–H groups in total. The lowest BCUT2D eigenvalue weighted by atomic mass is 9.97. The van der Waals surface area contributed by atoms with Gasteiger partial charge in [0.25, 0.3) is 0 Å². The average Bonchev–Trinajstić information content (AvgIpc) is 3.46. The zero-order chi connectivity index (χ0) is 30.8. The second kappa shape index (κ2) is 12.6. The molecular weight excluding hydrogens is 520 g/mol. The fourth-order valence-corrected chi connectivity index (χ4v) is 4.42. The van der Waals surface area contributed by atoms with Crippen molar-refractivity contribution in [1.29, 1.82) is 0 Å². The molecule has 38 heavy (non-hydrogen) atoms. The first-order valence-electron chi connectivity index (χ1n) is 13.8. The van der Waals surface area contributed by atoms with Crippen molar-refractivity contribution < 1.29 is 53.1 Å². The normalized spacial score (nSPS) is 24.0. The van der Waals surface area contributed by atoms with E-state index in [1.54, 1.807) is 24.3 Å². The van der Waals surface area contributed by atoms with Crippen molar-refractivity contribution in [1.82, 2.24) is 4.98 Å². The van der Waals surface area contributed by atoms with Crippen molar-refractivity contribution in [3.8, 4) is 0 Å². The number of aryl methyl sites for hydroxylation is 1. The van der Waals surface area contributed by atoms with E-state index in [9.17, 15) is 24.0 Å². The molecule has 2 heterocycles. The summed E-state index contributed by atoms with van der Waals surface area (Å²) in [7, 11) is 0. The van der Waals surface area contributed by atoms with Gasteiger partial charge < -0.3 is 29.0 Å². The van der Waals surface area contributed by atoms with Crippen molar-refractivity contribution >= 4 is 46.1 Å². The van der Waals surface area contributed by atoms with Gasteiger partial charge in [-0.3, -0.25) is 24.0 Å². The van der Waals surface area contributed by atoms with E-state index in [0.29, 0.717) is 5.56 Å². The van der Waals surface area contributed by atoms with Gasteiger partial charge in [-0.05, 0) is 6.92 Å². The predicted molar refractivity (Wildman–Crippen MR) is 132 cm³/mol. The standard InChI is InChI=1S/C25H28N2O10S/c1-12-6-8-17(9-7-12)20(32)19-10-26-25(38-19)27-24-23(36-16(5)31)22(35-15(4)30)21(34-14(3)29)18(37-24)11-33-13(2)28/h6-10,18,21-24H,11H2,1-5H3,(H,26,27)/t18-,21-,22+,23+,24?/m1/s1/i2D,3D,4D,5D. The van der Waals surface area contributed by atoms with Crippen LogP contribution >= 0.6 is 11.3 Å². The van der Waals surface area contributed by atoms with Gasteiger partial charge in [0, 0.05) is 38.6 Å². The monoisotopic (exact) mass is 552 g/mol. The van der Waals surface area contributed by atoms with Crippen LogP contribution in [0, 0.1) is 6.92 Å². The summed E-state index contributed by atoms with van der Waals surface area (Å²) in [6, 6.07) is 6.89. The molecule has 0 radical (unpaired) electrons. The lowest BCUT2D eigenvalue weighted by Crippen LogP contribution is -2.64. The van der Waals surface area contributed by atoms with E-state index in [0.717, 1.165) is 16.9 Å². The molecule has 3 rings (SSSR count). The highest BCUT2D eigenvalue weighted by Crippen LogP contribution is 2.31. The Hall–Kier alpha value is -3.84. The summed E-state index contributed by atoms with van der Waals surface area (Å²) in [6.07, 6.45) is -6.32. The first-order valence-corrected chi connectivity index (χ1v) is 11.8. The van der Waals surface area contributed by atoms with Crippen molar-refractivity contribution in [3.05, 3.63) is 46.5 Å². The number of aromatic nitrogens is 1. The van der Waals surface area contributed by atoms with Crippen LogP contribution in [0.5, 0.6) is 0 Å². The van der Waals surface area contributed by atoms with Crippen LogP contribution in [-0.4, -0.2) is 71.9 Å². The molecule has 1 fully saturated rings. The van der Waals surface area contributed by atoms with Gasteiger partial charge in [-0.15, -0.1) is 0 Å². The topological polar surface area (TPSA) is 156 Å². The third-order valence-electron chi connectivity index (χ3n) is 5.15. The SMILES string of the molecule is [2H]CC(=O)OC[C@H]1OC(Nc2ncc(C(=O)c3ccc(C)cc3)s2)[C@@H](OC(=O)C[2H])[C@@H](OC(=O)C[2H])[C@@H]1OC(=O)C[2H]. The van der Waals surface area contributed by atoms with Crippen LogP contribution in [0.25, 0.3) is 0 Å². The van der Waals surface area contributed by atoms with Crippen LogP contribution in [0.4, 0.5) is 5.13 Å². The van der Waals surface area contributed by atoms with Gasteiger partial charge in [0.1, 0.15) is 12.7 Å². The lowest BCUT2D eigenvalue weighted by Gasteiger charge is -2.44. The number of thiazole rings is 1. The first-order chi connectivity index (χ1) is 20.1. The number of anilines is 1. The van der Waals surface area contributed by atoms with Crippen LogP contribution in [0.3, 0.4) is 0 Å². The molecule has 0 spiro atoms. The summed E-state index contributed by atoms with van der Waals surface area (Å²) in [6.45, 7) is -1.99.